The summed E-state index contributed by atoms with van der Waals surface area (Å²) in [7, 11) is 1.75. The first kappa shape index (κ1) is 23.2. The van der Waals surface area contributed by atoms with Crippen molar-refractivity contribution in [2.45, 2.75) is 33.6 Å². The minimum Gasteiger partial charge on any atom is -0.438 e. The molecule has 6 nitrogen and oxygen atoms in total. The Bertz CT molecular complexity index is 838. The Labute approximate surface area is 167 Å². The summed E-state index contributed by atoms with van der Waals surface area (Å²) in [5.74, 6) is 1.62. The average molecular weight is 385 g/mol. The van der Waals surface area contributed by atoms with Crippen molar-refractivity contribution in [2.24, 2.45) is 0 Å². The number of benzene rings is 1. The van der Waals surface area contributed by atoms with Crippen molar-refractivity contribution in [1.82, 2.24) is 9.97 Å². The molecule has 3 N–H and O–H groups in total. The number of rotatable bonds is 4. The molecule has 2 heterocycles. The van der Waals surface area contributed by atoms with Crippen LogP contribution in [0.15, 0.2) is 37.1 Å². The molecule has 0 bridgehead atoms. The van der Waals surface area contributed by atoms with Crippen LogP contribution in [0.2, 0.25) is 0 Å². The Morgan fingerprint density at radius 3 is 2.43 bits per heavy atom. The second-order valence-corrected chi connectivity index (χ2v) is 5.56. The molecule has 28 heavy (non-hydrogen) atoms. The van der Waals surface area contributed by atoms with Crippen molar-refractivity contribution in [2.75, 3.05) is 31.3 Å². The molecule has 0 saturated carbocycles. The molecular weight excluding hydrogens is 352 g/mol. The number of nitrogens with two attached hydrogens (primary N) is 1. The molecule has 0 radical (unpaired) electrons. The Morgan fingerprint density at radius 2 is 1.89 bits per heavy atom. The monoisotopic (exact) mass is 384 g/mol. The molecule has 3 rings (SSSR count). The number of hydrogen-bond donors (Lipinski definition) is 2. The van der Waals surface area contributed by atoms with E-state index in [1.807, 2.05) is 45.1 Å². The molecule has 1 aliphatic heterocycles. The highest BCUT2D eigenvalue weighted by Gasteiger charge is 2.04. The van der Waals surface area contributed by atoms with Gasteiger partial charge in [0, 0.05) is 48.6 Å². The summed E-state index contributed by atoms with van der Waals surface area (Å²) in [5, 5.41) is 4.66. The summed E-state index contributed by atoms with van der Waals surface area (Å²) >= 11 is 0. The molecule has 1 fully saturated rings. The summed E-state index contributed by atoms with van der Waals surface area (Å²) in [6, 6.07) is 5.33. The van der Waals surface area contributed by atoms with Gasteiger partial charge >= 0.3 is 0 Å². The van der Waals surface area contributed by atoms with Crippen molar-refractivity contribution in [3.05, 3.63) is 47.5 Å². The molecule has 1 aromatic carbocycles. The van der Waals surface area contributed by atoms with Gasteiger partial charge in [0.1, 0.15) is 5.75 Å². The molecular formula is C22H32N4O2. The summed E-state index contributed by atoms with van der Waals surface area (Å²) in [4.78, 5) is 8.29. The Kier molecular flexibility index (Phi) is 11.0. The molecule has 0 unspecified atom stereocenters. The zero-order chi connectivity index (χ0) is 20.8. The fraction of sp³-hybridized carbons (Fsp3) is 0.364. The Balaban J connectivity index is 0.000000476. The van der Waals surface area contributed by atoms with Crippen LogP contribution in [-0.4, -0.2) is 30.2 Å². The highest BCUT2D eigenvalue weighted by atomic mass is 16.5. The molecule has 0 amide bonds. The van der Waals surface area contributed by atoms with Gasteiger partial charge in [-0.05, 0) is 31.9 Å². The maximum atomic E-state index is 5.99. The van der Waals surface area contributed by atoms with Crippen LogP contribution in [0.5, 0.6) is 11.6 Å². The molecule has 0 spiro atoms. The van der Waals surface area contributed by atoms with Crippen molar-refractivity contribution in [3.8, 4) is 11.6 Å². The van der Waals surface area contributed by atoms with Crippen LogP contribution in [0.3, 0.4) is 0 Å². The second-order valence-electron chi connectivity index (χ2n) is 5.56. The van der Waals surface area contributed by atoms with E-state index in [2.05, 4.69) is 21.9 Å². The summed E-state index contributed by atoms with van der Waals surface area (Å²) < 4.78 is 10.8. The summed E-state index contributed by atoms with van der Waals surface area (Å²) in [6.45, 7) is 11.7. The first-order chi connectivity index (χ1) is 13.7. The predicted octanol–water partition coefficient (Wildman–Crippen LogP) is 3.48. The molecule has 1 aliphatic rings. The van der Waals surface area contributed by atoms with Crippen LogP contribution in [0.25, 0.3) is 12.2 Å². The van der Waals surface area contributed by atoms with Gasteiger partial charge in [-0.15, -0.1) is 0 Å². The highest BCUT2D eigenvalue weighted by Crippen LogP contribution is 2.16. The van der Waals surface area contributed by atoms with E-state index in [9.17, 15) is 0 Å². The van der Waals surface area contributed by atoms with Gasteiger partial charge in [-0.3, -0.25) is 0 Å². The number of anilines is 2. The molecule has 0 atom stereocenters. The largest absolute Gasteiger partial charge is 0.438 e. The van der Waals surface area contributed by atoms with Crippen LogP contribution in [0.4, 0.5) is 11.6 Å². The van der Waals surface area contributed by atoms with Gasteiger partial charge in [-0.1, -0.05) is 38.7 Å². The number of nitrogens with one attached hydrogen (secondary N) is 1. The Hall–Kier alpha value is -2.86. The highest BCUT2D eigenvalue weighted by molar-refractivity contribution is 5.54. The minimum absolute atomic E-state index is 0.458. The summed E-state index contributed by atoms with van der Waals surface area (Å²) in [6.07, 6.45) is 9.70. The molecule has 0 aliphatic carbocycles. The zero-order valence-corrected chi connectivity index (χ0v) is 17.4. The lowest BCUT2D eigenvalue weighted by atomic mass is 10.1. The number of nitrogens with zero attached hydrogens (tertiary/aromatic N) is 2. The third-order valence-electron chi connectivity index (χ3n) is 3.75. The first-order valence-electron chi connectivity index (χ1n) is 9.63. The SMILES string of the molecule is C1CCOC1.C=C/C=c1/c(Oc2ccnc(NC)n2)ccc(N)/c1=C/C.CC. The van der Waals surface area contributed by atoms with E-state index in [4.69, 9.17) is 15.2 Å². The van der Waals surface area contributed by atoms with Gasteiger partial charge in [0.05, 0.1) is 0 Å². The number of allylic oxidation sites excluding steroid dienone is 1. The van der Waals surface area contributed by atoms with Crippen LogP contribution >= 0.6 is 0 Å². The quantitative estimate of drug-likeness (QED) is 0.786. The zero-order valence-electron chi connectivity index (χ0n) is 17.4. The van der Waals surface area contributed by atoms with Gasteiger partial charge in [0.15, 0.2) is 0 Å². The third-order valence-corrected chi connectivity index (χ3v) is 3.75. The summed E-state index contributed by atoms with van der Waals surface area (Å²) in [5.41, 5.74) is 6.68. The van der Waals surface area contributed by atoms with E-state index < -0.39 is 0 Å². The number of ether oxygens (including phenoxy) is 2. The Morgan fingerprint density at radius 1 is 1.18 bits per heavy atom. The van der Waals surface area contributed by atoms with E-state index in [1.54, 1.807) is 25.4 Å². The molecule has 1 saturated heterocycles. The van der Waals surface area contributed by atoms with Crippen molar-refractivity contribution in [3.63, 3.8) is 0 Å². The smallest absolute Gasteiger partial charge is 0.225 e. The van der Waals surface area contributed by atoms with E-state index in [0.29, 0.717) is 23.3 Å². The number of hydrogen-bond acceptors (Lipinski definition) is 6. The van der Waals surface area contributed by atoms with Crippen LogP contribution in [-0.2, 0) is 4.74 Å². The standard InChI is InChI=1S/C16H18N4O.C4H8O.C2H6/c1-4-6-12-11(5-2)13(17)7-8-14(12)21-15-9-10-19-16(18-3)20-15;1-2-4-5-3-1;1-2/h4-10H,1,17H2,2-3H3,(H,18,19,20);1-4H2;1-2H3/b11-5+,12-6+;;. The van der Waals surface area contributed by atoms with Gasteiger partial charge in [-0.2, -0.15) is 4.98 Å². The lowest BCUT2D eigenvalue weighted by Gasteiger charge is -2.08. The van der Waals surface area contributed by atoms with Gasteiger partial charge in [0.2, 0.25) is 11.8 Å². The predicted molar refractivity (Wildman–Crippen MR) is 118 cm³/mol. The van der Waals surface area contributed by atoms with Crippen molar-refractivity contribution < 1.29 is 9.47 Å². The second kappa shape index (κ2) is 13.3. The lowest BCUT2D eigenvalue weighted by Crippen LogP contribution is -2.28. The third kappa shape index (κ3) is 7.04. The fourth-order valence-electron chi connectivity index (χ4n) is 2.48. The normalized spacial score (nSPS) is 13.7. The maximum absolute atomic E-state index is 5.99. The molecule has 152 valence electrons. The van der Waals surface area contributed by atoms with Crippen LogP contribution in [0, 0.1) is 0 Å². The fourth-order valence-corrected chi connectivity index (χ4v) is 2.48. The molecule has 6 heteroatoms. The van der Waals surface area contributed by atoms with Gasteiger partial charge < -0.3 is 20.5 Å². The topological polar surface area (TPSA) is 82.3 Å². The van der Waals surface area contributed by atoms with Gasteiger partial charge in [-0.25, -0.2) is 4.98 Å². The molecule has 1 aromatic heterocycles. The van der Waals surface area contributed by atoms with Crippen molar-refractivity contribution >= 4 is 23.8 Å². The number of nitrogen functional groups attached to an aromatic ring is 1. The van der Waals surface area contributed by atoms with E-state index in [-0.39, 0.29) is 0 Å². The van der Waals surface area contributed by atoms with Crippen LogP contribution in [0.1, 0.15) is 33.6 Å². The lowest BCUT2D eigenvalue weighted by molar-refractivity contribution is 0.198. The van der Waals surface area contributed by atoms with E-state index in [0.717, 1.165) is 23.7 Å². The minimum atomic E-state index is 0.458. The maximum Gasteiger partial charge on any atom is 0.225 e. The van der Waals surface area contributed by atoms with Crippen molar-refractivity contribution in [1.29, 1.82) is 0 Å². The molecule has 2 aromatic rings. The number of aromatic nitrogens is 2. The first-order valence-corrected chi connectivity index (χ1v) is 9.63. The van der Waals surface area contributed by atoms with Gasteiger partial charge in [0.25, 0.3) is 0 Å². The van der Waals surface area contributed by atoms with E-state index in [1.165, 1.54) is 12.8 Å². The van der Waals surface area contributed by atoms with E-state index >= 15 is 0 Å². The van der Waals surface area contributed by atoms with Crippen LogP contribution < -0.4 is 26.2 Å². The average Bonchev–Trinajstić information content (AvgIpc) is 3.32.